The number of pyridine rings is 2. The summed E-state index contributed by atoms with van der Waals surface area (Å²) >= 11 is 0. The van der Waals surface area contributed by atoms with Gasteiger partial charge in [-0.1, -0.05) is 59.1 Å². The SMILES string of the molecule is CCC(C)C1CCc2cccnc21.CCC(CC)C1CCCc2cccnc21. The lowest BCUT2D eigenvalue weighted by Crippen LogP contribution is -2.19. The summed E-state index contributed by atoms with van der Waals surface area (Å²) in [6, 6.07) is 8.62. The Balaban J connectivity index is 0.000000162. The summed E-state index contributed by atoms with van der Waals surface area (Å²) in [5, 5.41) is 0. The lowest BCUT2D eigenvalue weighted by Gasteiger charge is -2.30. The highest BCUT2D eigenvalue weighted by Crippen LogP contribution is 2.38. The zero-order valence-corrected chi connectivity index (χ0v) is 18.3. The van der Waals surface area contributed by atoms with Crippen LogP contribution in [0.3, 0.4) is 0 Å². The first kappa shape index (κ1) is 21.0. The second kappa shape index (κ2) is 10.2. The van der Waals surface area contributed by atoms with E-state index in [9.17, 15) is 0 Å². The van der Waals surface area contributed by atoms with Crippen molar-refractivity contribution in [1.29, 1.82) is 0 Å². The van der Waals surface area contributed by atoms with Gasteiger partial charge in [0.15, 0.2) is 0 Å². The van der Waals surface area contributed by atoms with Crippen LogP contribution in [0.5, 0.6) is 0 Å². The minimum Gasteiger partial charge on any atom is -0.261 e. The third-order valence-corrected chi connectivity index (χ3v) is 7.19. The summed E-state index contributed by atoms with van der Waals surface area (Å²) in [6.45, 7) is 9.23. The van der Waals surface area contributed by atoms with E-state index < -0.39 is 0 Å². The highest BCUT2D eigenvalue weighted by Gasteiger charge is 2.27. The van der Waals surface area contributed by atoms with Gasteiger partial charge < -0.3 is 0 Å². The van der Waals surface area contributed by atoms with Gasteiger partial charge in [0.05, 0.1) is 0 Å². The van der Waals surface area contributed by atoms with Crippen molar-refractivity contribution in [2.45, 2.75) is 90.9 Å². The molecule has 0 radical (unpaired) electrons. The summed E-state index contributed by atoms with van der Waals surface area (Å²) in [7, 11) is 0. The van der Waals surface area contributed by atoms with Crippen molar-refractivity contribution in [3.8, 4) is 0 Å². The molecular weight excluding hydrogens is 340 g/mol. The standard InChI is InChI=1S/C14H21N.C12H17N/c1-3-11(4-2)13-9-5-7-12-8-6-10-15-14(12)13;1-3-9(2)11-7-6-10-5-4-8-13-12(10)11/h6,8,10-11,13H,3-5,7,9H2,1-2H3;4-5,8-9,11H,3,6-7H2,1-2H3. The van der Waals surface area contributed by atoms with Crippen molar-refractivity contribution in [3.05, 3.63) is 59.2 Å². The van der Waals surface area contributed by atoms with Gasteiger partial charge in [-0.2, -0.15) is 0 Å². The summed E-state index contributed by atoms with van der Waals surface area (Å²) in [6.07, 6.45) is 14.2. The van der Waals surface area contributed by atoms with Crippen LogP contribution in [0.2, 0.25) is 0 Å². The van der Waals surface area contributed by atoms with Gasteiger partial charge in [0, 0.05) is 35.6 Å². The van der Waals surface area contributed by atoms with Gasteiger partial charge in [0.25, 0.3) is 0 Å². The molecule has 4 rings (SSSR count). The Morgan fingerprint density at radius 1 is 0.821 bits per heavy atom. The Morgan fingerprint density at radius 3 is 2.04 bits per heavy atom. The quantitative estimate of drug-likeness (QED) is 0.554. The third-order valence-electron chi connectivity index (χ3n) is 7.19. The summed E-state index contributed by atoms with van der Waals surface area (Å²) in [4.78, 5) is 9.13. The first-order valence-corrected chi connectivity index (χ1v) is 11.6. The predicted molar refractivity (Wildman–Crippen MR) is 119 cm³/mol. The van der Waals surface area contributed by atoms with Gasteiger partial charge >= 0.3 is 0 Å². The minimum absolute atomic E-state index is 0.723. The van der Waals surface area contributed by atoms with Gasteiger partial charge in [-0.25, -0.2) is 0 Å². The third kappa shape index (κ3) is 4.64. The maximum absolute atomic E-state index is 4.62. The van der Waals surface area contributed by atoms with Gasteiger partial charge in [-0.05, 0) is 67.2 Å². The number of aromatic nitrogens is 2. The Bertz CT molecular complexity index is 735. The second-order valence-electron chi connectivity index (χ2n) is 8.70. The van der Waals surface area contributed by atoms with Gasteiger partial charge in [0.2, 0.25) is 0 Å². The Hall–Kier alpha value is -1.70. The van der Waals surface area contributed by atoms with Crippen molar-refractivity contribution in [3.63, 3.8) is 0 Å². The molecule has 0 saturated heterocycles. The normalized spacial score (nSPS) is 21.5. The Kier molecular flexibility index (Phi) is 7.65. The molecule has 2 aliphatic rings. The van der Waals surface area contributed by atoms with Crippen LogP contribution in [0.25, 0.3) is 0 Å². The molecule has 0 spiro atoms. The number of aryl methyl sites for hydroxylation is 2. The Labute approximate surface area is 172 Å². The molecule has 0 N–H and O–H groups in total. The smallest absolute Gasteiger partial charge is 0.0469 e. The average Bonchev–Trinajstić information content (AvgIpc) is 3.19. The number of hydrogen-bond donors (Lipinski definition) is 0. The minimum atomic E-state index is 0.723. The van der Waals surface area contributed by atoms with Gasteiger partial charge in [-0.15, -0.1) is 0 Å². The van der Waals surface area contributed by atoms with Crippen LogP contribution in [-0.4, -0.2) is 9.97 Å². The predicted octanol–water partition coefficient (Wildman–Crippen LogP) is 7.10. The first-order valence-electron chi connectivity index (χ1n) is 11.6. The molecule has 0 amide bonds. The molecule has 2 heterocycles. The zero-order chi connectivity index (χ0) is 19.9. The maximum Gasteiger partial charge on any atom is 0.0469 e. The van der Waals surface area contributed by atoms with Crippen LogP contribution < -0.4 is 0 Å². The monoisotopic (exact) mass is 378 g/mol. The summed E-state index contributed by atoms with van der Waals surface area (Å²) in [5.41, 5.74) is 5.75. The van der Waals surface area contributed by atoms with E-state index in [0.717, 1.165) is 23.7 Å². The maximum atomic E-state index is 4.62. The van der Waals surface area contributed by atoms with E-state index in [4.69, 9.17) is 0 Å². The fourth-order valence-corrected chi connectivity index (χ4v) is 5.24. The summed E-state index contributed by atoms with van der Waals surface area (Å²) in [5.74, 6) is 3.07. The van der Waals surface area contributed by atoms with Crippen LogP contribution in [0, 0.1) is 11.8 Å². The van der Waals surface area contributed by atoms with E-state index in [1.54, 1.807) is 0 Å². The van der Waals surface area contributed by atoms with Crippen LogP contribution in [0.15, 0.2) is 36.7 Å². The topological polar surface area (TPSA) is 25.8 Å². The van der Waals surface area contributed by atoms with E-state index >= 15 is 0 Å². The van der Waals surface area contributed by atoms with Crippen molar-refractivity contribution >= 4 is 0 Å². The first-order chi connectivity index (χ1) is 13.7. The molecule has 2 nitrogen and oxygen atoms in total. The Morgan fingerprint density at radius 2 is 1.43 bits per heavy atom. The molecule has 0 aliphatic heterocycles. The fraction of sp³-hybridized carbons (Fsp3) is 0.615. The largest absolute Gasteiger partial charge is 0.261 e. The molecule has 0 fully saturated rings. The molecule has 0 bridgehead atoms. The molecule has 0 saturated carbocycles. The van der Waals surface area contributed by atoms with E-state index in [1.807, 2.05) is 12.4 Å². The molecule has 2 aliphatic carbocycles. The van der Waals surface area contributed by atoms with E-state index in [-0.39, 0.29) is 0 Å². The zero-order valence-electron chi connectivity index (χ0n) is 18.3. The van der Waals surface area contributed by atoms with Gasteiger partial charge in [-0.3, -0.25) is 9.97 Å². The van der Waals surface area contributed by atoms with Crippen molar-refractivity contribution in [2.75, 3.05) is 0 Å². The van der Waals surface area contributed by atoms with Crippen molar-refractivity contribution in [2.24, 2.45) is 11.8 Å². The van der Waals surface area contributed by atoms with Crippen LogP contribution in [0.4, 0.5) is 0 Å². The van der Waals surface area contributed by atoms with Crippen molar-refractivity contribution < 1.29 is 0 Å². The van der Waals surface area contributed by atoms with Crippen molar-refractivity contribution in [1.82, 2.24) is 9.97 Å². The lowest BCUT2D eigenvalue weighted by molar-refractivity contribution is 0.351. The van der Waals surface area contributed by atoms with E-state index in [0.29, 0.717) is 0 Å². The fourth-order valence-electron chi connectivity index (χ4n) is 5.24. The molecule has 28 heavy (non-hydrogen) atoms. The molecular formula is C26H38N2. The number of rotatable bonds is 5. The van der Waals surface area contributed by atoms with E-state index in [2.05, 4.69) is 61.9 Å². The molecule has 3 atom stereocenters. The van der Waals surface area contributed by atoms with Crippen LogP contribution in [-0.2, 0) is 12.8 Å². The number of nitrogens with zero attached hydrogens (tertiary/aromatic N) is 2. The number of hydrogen-bond acceptors (Lipinski definition) is 2. The lowest BCUT2D eigenvalue weighted by atomic mass is 9.76. The summed E-state index contributed by atoms with van der Waals surface area (Å²) < 4.78 is 0. The number of fused-ring (bicyclic) bond motifs is 2. The van der Waals surface area contributed by atoms with E-state index in [1.165, 1.54) is 73.9 Å². The highest BCUT2D eigenvalue weighted by molar-refractivity contribution is 5.29. The molecule has 2 heteroatoms. The molecule has 3 unspecified atom stereocenters. The van der Waals surface area contributed by atoms with Gasteiger partial charge in [0.1, 0.15) is 0 Å². The molecule has 152 valence electrons. The molecule has 0 aromatic carbocycles. The molecule has 2 aromatic heterocycles. The van der Waals surface area contributed by atoms with Crippen LogP contribution >= 0.6 is 0 Å². The average molecular weight is 379 g/mol. The van der Waals surface area contributed by atoms with Crippen LogP contribution in [0.1, 0.15) is 101 Å². The molecule has 2 aromatic rings. The second-order valence-corrected chi connectivity index (χ2v) is 8.70. The highest BCUT2D eigenvalue weighted by atomic mass is 14.7.